The monoisotopic (exact) mass is 265 g/mol. The summed E-state index contributed by atoms with van der Waals surface area (Å²) in [6, 6.07) is 5.39. The molecule has 0 radical (unpaired) electrons. The van der Waals surface area contributed by atoms with Crippen molar-refractivity contribution in [3.63, 3.8) is 0 Å². The van der Waals surface area contributed by atoms with E-state index in [-0.39, 0.29) is 11.9 Å². The van der Waals surface area contributed by atoms with Crippen LogP contribution in [-0.4, -0.2) is 29.7 Å². The highest BCUT2D eigenvalue weighted by Gasteiger charge is 2.15. The highest BCUT2D eigenvalue weighted by Crippen LogP contribution is 2.13. The van der Waals surface area contributed by atoms with Crippen molar-refractivity contribution in [2.24, 2.45) is 0 Å². The largest absolute Gasteiger partial charge is 0.349 e. The van der Waals surface area contributed by atoms with E-state index < -0.39 is 0 Å². The molecule has 0 aromatic heterocycles. The fourth-order valence-corrected chi connectivity index (χ4v) is 2.40. The molecule has 0 bridgehead atoms. The molecule has 0 unspecified atom stereocenters. The predicted octanol–water partition coefficient (Wildman–Crippen LogP) is 2.68. The summed E-state index contributed by atoms with van der Waals surface area (Å²) in [6.07, 6.45) is 0.730. The molecule has 0 spiro atoms. The molecule has 1 rings (SSSR count). The summed E-state index contributed by atoms with van der Waals surface area (Å²) in [5, 5.41) is 2.93. The number of benzene rings is 1. The van der Waals surface area contributed by atoms with Gasteiger partial charge in [0.05, 0.1) is 5.56 Å². The summed E-state index contributed by atoms with van der Waals surface area (Å²) in [6.45, 7) is 5.90. The molecule has 0 heterocycles. The fourth-order valence-electron chi connectivity index (χ4n) is 1.73. The average molecular weight is 265 g/mol. The van der Waals surface area contributed by atoms with Crippen molar-refractivity contribution in [3.05, 3.63) is 34.9 Å². The SMILES string of the molecule is CCSC[C@H](C)NC(=O)c1c(C)cccc1C=O. The second kappa shape index (κ2) is 7.21. The lowest BCUT2D eigenvalue weighted by Gasteiger charge is -2.15. The Balaban J connectivity index is 2.81. The summed E-state index contributed by atoms with van der Waals surface area (Å²) in [7, 11) is 0. The Morgan fingerprint density at radius 2 is 2.22 bits per heavy atom. The van der Waals surface area contributed by atoms with Crippen molar-refractivity contribution in [2.45, 2.75) is 26.8 Å². The molecule has 4 heteroatoms. The maximum Gasteiger partial charge on any atom is 0.252 e. The van der Waals surface area contributed by atoms with E-state index in [0.717, 1.165) is 23.4 Å². The number of hydrogen-bond acceptors (Lipinski definition) is 3. The zero-order chi connectivity index (χ0) is 13.5. The van der Waals surface area contributed by atoms with Crippen LogP contribution >= 0.6 is 11.8 Å². The molecule has 3 nitrogen and oxygen atoms in total. The number of aldehydes is 1. The molecule has 0 saturated carbocycles. The fraction of sp³-hybridized carbons (Fsp3) is 0.429. The first kappa shape index (κ1) is 14.8. The van der Waals surface area contributed by atoms with Gasteiger partial charge in [-0.05, 0) is 25.2 Å². The molecule has 1 amide bonds. The van der Waals surface area contributed by atoms with Gasteiger partial charge in [0.15, 0.2) is 6.29 Å². The molecule has 1 N–H and O–H groups in total. The van der Waals surface area contributed by atoms with E-state index in [1.165, 1.54) is 0 Å². The molecular weight excluding hydrogens is 246 g/mol. The summed E-state index contributed by atoms with van der Waals surface area (Å²) in [5.41, 5.74) is 1.76. The van der Waals surface area contributed by atoms with Crippen LogP contribution in [0.4, 0.5) is 0 Å². The highest BCUT2D eigenvalue weighted by atomic mass is 32.2. The number of carbonyl (C=O) groups is 2. The zero-order valence-corrected chi connectivity index (χ0v) is 11.8. The molecular formula is C14H19NO2S. The minimum absolute atomic E-state index is 0.0987. The topological polar surface area (TPSA) is 46.2 Å². The van der Waals surface area contributed by atoms with Crippen molar-refractivity contribution in [2.75, 3.05) is 11.5 Å². The number of nitrogens with one attached hydrogen (secondary N) is 1. The first-order valence-electron chi connectivity index (χ1n) is 6.03. The van der Waals surface area contributed by atoms with Gasteiger partial charge in [-0.15, -0.1) is 0 Å². The Hall–Kier alpha value is -1.29. The Kier molecular flexibility index (Phi) is 5.92. The number of carbonyl (C=O) groups excluding carboxylic acids is 2. The van der Waals surface area contributed by atoms with Gasteiger partial charge in [0, 0.05) is 17.4 Å². The zero-order valence-electron chi connectivity index (χ0n) is 11.0. The Labute approximate surface area is 112 Å². The quantitative estimate of drug-likeness (QED) is 0.804. The van der Waals surface area contributed by atoms with E-state index in [0.29, 0.717) is 11.1 Å². The van der Waals surface area contributed by atoms with Gasteiger partial charge in [-0.1, -0.05) is 25.1 Å². The van der Waals surface area contributed by atoms with Crippen LogP contribution in [0.2, 0.25) is 0 Å². The maximum absolute atomic E-state index is 12.1. The van der Waals surface area contributed by atoms with Crippen LogP contribution < -0.4 is 5.32 Å². The molecule has 1 atom stereocenters. The number of amides is 1. The van der Waals surface area contributed by atoms with E-state index in [1.807, 2.05) is 19.9 Å². The van der Waals surface area contributed by atoms with Crippen LogP contribution in [0.3, 0.4) is 0 Å². The summed E-state index contributed by atoms with van der Waals surface area (Å²) in [4.78, 5) is 23.1. The van der Waals surface area contributed by atoms with Gasteiger partial charge in [0.25, 0.3) is 5.91 Å². The number of aryl methyl sites for hydroxylation is 1. The average Bonchev–Trinajstić information content (AvgIpc) is 2.35. The normalized spacial score (nSPS) is 11.9. The van der Waals surface area contributed by atoms with Gasteiger partial charge in [-0.2, -0.15) is 11.8 Å². The van der Waals surface area contributed by atoms with E-state index in [2.05, 4.69) is 12.2 Å². The third-order valence-electron chi connectivity index (χ3n) is 2.61. The molecule has 0 aliphatic carbocycles. The molecule has 98 valence electrons. The maximum atomic E-state index is 12.1. The lowest BCUT2D eigenvalue weighted by Crippen LogP contribution is -2.35. The van der Waals surface area contributed by atoms with Gasteiger partial charge >= 0.3 is 0 Å². The van der Waals surface area contributed by atoms with E-state index >= 15 is 0 Å². The third kappa shape index (κ3) is 3.88. The third-order valence-corrected chi connectivity index (χ3v) is 3.75. The van der Waals surface area contributed by atoms with Crippen LogP contribution in [0.15, 0.2) is 18.2 Å². The van der Waals surface area contributed by atoms with Gasteiger partial charge in [0.2, 0.25) is 0 Å². The lowest BCUT2D eigenvalue weighted by atomic mass is 10.0. The van der Waals surface area contributed by atoms with Gasteiger partial charge < -0.3 is 5.32 Å². The predicted molar refractivity (Wildman–Crippen MR) is 76.5 cm³/mol. The van der Waals surface area contributed by atoms with Gasteiger partial charge in [-0.3, -0.25) is 9.59 Å². The first-order valence-corrected chi connectivity index (χ1v) is 7.19. The van der Waals surface area contributed by atoms with Crippen LogP contribution in [-0.2, 0) is 0 Å². The molecule has 1 aromatic carbocycles. The van der Waals surface area contributed by atoms with Crippen molar-refractivity contribution >= 4 is 24.0 Å². The Bertz CT molecular complexity index is 432. The molecule has 0 aliphatic heterocycles. The Morgan fingerprint density at radius 3 is 2.83 bits per heavy atom. The molecule has 0 aliphatic rings. The standard InChI is InChI=1S/C14H19NO2S/c1-4-18-9-11(3)15-14(17)13-10(2)6-5-7-12(13)8-16/h5-8,11H,4,9H2,1-3H3,(H,15,17)/t11-/m0/s1. The first-order chi connectivity index (χ1) is 8.60. The molecule has 1 aromatic rings. The molecule has 0 saturated heterocycles. The summed E-state index contributed by atoms with van der Waals surface area (Å²) in [5.74, 6) is 1.74. The molecule has 18 heavy (non-hydrogen) atoms. The van der Waals surface area contributed by atoms with Crippen LogP contribution in [0.25, 0.3) is 0 Å². The van der Waals surface area contributed by atoms with E-state index in [4.69, 9.17) is 0 Å². The van der Waals surface area contributed by atoms with Crippen molar-refractivity contribution < 1.29 is 9.59 Å². The second-order valence-corrected chi connectivity index (χ2v) is 5.51. The Morgan fingerprint density at radius 1 is 1.50 bits per heavy atom. The van der Waals surface area contributed by atoms with Crippen molar-refractivity contribution in [3.8, 4) is 0 Å². The van der Waals surface area contributed by atoms with Crippen LogP contribution in [0, 0.1) is 6.92 Å². The summed E-state index contributed by atoms with van der Waals surface area (Å²) < 4.78 is 0. The lowest BCUT2D eigenvalue weighted by molar-refractivity contribution is 0.0937. The van der Waals surface area contributed by atoms with Crippen LogP contribution in [0.5, 0.6) is 0 Å². The smallest absolute Gasteiger partial charge is 0.252 e. The summed E-state index contributed by atoms with van der Waals surface area (Å²) >= 11 is 1.78. The second-order valence-electron chi connectivity index (χ2n) is 4.19. The van der Waals surface area contributed by atoms with Gasteiger partial charge in [-0.25, -0.2) is 0 Å². The van der Waals surface area contributed by atoms with Crippen molar-refractivity contribution in [1.82, 2.24) is 5.32 Å². The minimum atomic E-state index is -0.167. The van der Waals surface area contributed by atoms with Crippen molar-refractivity contribution in [1.29, 1.82) is 0 Å². The van der Waals surface area contributed by atoms with E-state index in [1.54, 1.807) is 23.9 Å². The number of hydrogen-bond donors (Lipinski definition) is 1. The highest BCUT2D eigenvalue weighted by molar-refractivity contribution is 7.99. The van der Waals surface area contributed by atoms with Gasteiger partial charge in [0.1, 0.15) is 0 Å². The minimum Gasteiger partial charge on any atom is -0.349 e. The number of thioether (sulfide) groups is 1. The number of rotatable bonds is 6. The van der Waals surface area contributed by atoms with E-state index in [9.17, 15) is 9.59 Å². The molecule has 0 fully saturated rings. The van der Waals surface area contributed by atoms with Crippen LogP contribution in [0.1, 0.15) is 40.1 Å².